The molecule has 3 atom stereocenters. The molecule has 1 N–H and O–H groups in total. The van der Waals surface area contributed by atoms with Crippen LogP contribution in [0.4, 0.5) is 0 Å². The summed E-state index contributed by atoms with van der Waals surface area (Å²) in [6.07, 6.45) is 6.01. The minimum Gasteiger partial charge on any atom is -0.454 e. The van der Waals surface area contributed by atoms with Crippen LogP contribution in [0.1, 0.15) is 28.8 Å². The van der Waals surface area contributed by atoms with Crippen LogP contribution in [0, 0.1) is 0 Å². The number of ether oxygens (including phenoxy) is 2. The van der Waals surface area contributed by atoms with Crippen molar-refractivity contribution < 1.29 is 19.4 Å². The summed E-state index contributed by atoms with van der Waals surface area (Å²) in [6, 6.07) is 3.90. The van der Waals surface area contributed by atoms with Crippen molar-refractivity contribution in [3.05, 3.63) is 35.4 Å². The lowest BCUT2D eigenvalue weighted by molar-refractivity contribution is 0.111. The Balaban J connectivity index is 1.89. The van der Waals surface area contributed by atoms with Gasteiger partial charge in [0.25, 0.3) is 0 Å². The molecule has 1 aromatic carbocycles. The molecule has 4 rings (SSSR count). The minimum atomic E-state index is -0.424. The molecule has 0 radical (unpaired) electrons. The van der Waals surface area contributed by atoms with Crippen molar-refractivity contribution in [1.29, 1.82) is 0 Å². The number of rotatable bonds is 2. The van der Waals surface area contributed by atoms with Gasteiger partial charge in [0.05, 0.1) is 6.10 Å². The number of hydrogen-bond acceptors (Lipinski definition) is 5. The van der Waals surface area contributed by atoms with Gasteiger partial charge in [0, 0.05) is 17.0 Å². The van der Waals surface area contributed by atoms with E-state index in [-0.39, 0.29) is 18.2 Å². The summed E-state index contributed by atoms with van der Waals surface area (Å²) in [5.74, 6) is 1.33. The van der Waals surface area contributed by atoms with E-state index in [1.54, 1.807) is 6.07 Å². The van der Waals surface area contributed by atoms with Gasteiger partial charge in [-0.15, -0.1) is 0 Å². The number of benzene rings is 1. The van der Waals surface area contributed by atoms with Crippen LogP contribution >= 0.6 is 0 Å². The van der Waals surface area contributed by atoms with Crippen molar-refractivity contribution in [3.8, 4) is 11.5 Å². The number of carbonyl (C=O) groups excluding carboxylic acids is 1. The van der Waals surface area contributed by atoms with E-state index < -0.39 is 6.10 Å². The average Bonchev–Trinajstić information content (AvgIpc) is 3.11. The normalized spacial score (nSPS) is 33.0. The van der Waals surface area contributed by atoms with Crippen LogP contribution in [-0.2, 0) is 5.41 Å². The van der Waals surface area contributed by atoms with E-state index in [2.05, 4.69) is 18.0 Å². The first-order valence-corrected chi connectivity index (χ1v) is 7.61. The Kier molecular flexibility index (Phi) is 3.03. The van der Waals surface area contributed by atoms with E-state index in [0.717, 1.165) is 24.8 Å². The molecular weight excluding hydrogens is 282 g/mol. The molecule has 2 aliphatic heterocycles. The van der Waals surface area contributed by atoms with Gasteiger partial charge in [0.15, 0.2) is 17.8 Å². The first-order valence-electron chi connectivity index (χ1n) is 7.61. The lowest BCUT2D eigenvalue weighted by Gasteiger charge is -2.40. The predicted molar refractivity (Wildman–Crippen MR) is 80.4 cm³/mol. The zero-order chi connectivity index (χ0) is 15.3. The number of hydrogen-bond donors (Lipinski definition) is 1. The Hall–Kier alpha value is -1.85. The van der Waals surface area contributed by atoms with Crippen molar-refractivity contribution in [2.45, 2.75) is 30.4 Å². The highest BCUT2D eigenvalue weighted by molar-refractivity contribution is 5.81. The second-order valence-corrected chi connectivity index (χ2v) is 6.36. The highest BCUT2D eigenvalue weighted by Gasteiger charge is 2.49. The zero-order valence-electron chi connectivity index (χ0n) is 12.5. The molecular formula is C17H19NO4. The number of aliphatic hydroxyl groups is 1. The van der Waals surface area contributed by atoms with Crippen molar-refractivity contribution >= 4 is 6.29 Å². The van der Waals surface area contributed by atoms with E-state index in [0.29, 0.717) is 23.5 Å². The molecule has 2 heterocycles. The topological polar surface area (TPSA) is 59.0 Å². The summed E-state index contributed by atoms with van der Waals surface area (Å²) in [4.78, 5) is 13.9. The summed E-state index contributed by atoms with van der Waals surface area (Å²) in [6.45, 7) is 1.14. The summed E-state index contributed by atoms with van der Waals surface area (Å²) < 4.78 is 10.9. The highest BCUT2D eigenvalue weighted by atomic mass is 16.7. The molecule has 1 aromatic rings. The Morgan fingerprint density at radius 1 is 1.36 bits per heavy atom. The van der Waals surface area contributed by atoms with Crippen LogP contribution in [0.3, 0.4) is 0 Å². The van der Waals surface area contributed by atoms with E-state index in [9.17, 15) is 9.90 Å². The van der Waals surface area contributed by atoms with Gasteiger partial charge in [-0.05, 0) is 44.1 Å². The predicted octanol–water partition coefficient (Wildman–Crippen LogP) is 1.49. The van der Waals surface area contributed by atoms with Gasteiger partial charge in [-0.2, -0.15) is 0 Å². The number of aliphatic hydroxyl groups excluding tert-OH is 1. The van der Waals surface area contributed by atoms with Gasteiger partial charge in [-0.3, -0.25) is 4.79 Å². The molecule has 1 saturated heterocycles. The van der Waals surface area contributed by atoms with Crippen LogP contribution in [-0.4, -0.2) is 48.8 Å². The second kappa shape index (κ2) is 4.83. The van der Waals surface area contributed by atoms with E-state index >= 15 is 0 Å². The van der Waals surface area contributed by atoms with E-state index in [1.165, 1.54) is 0 Å². The first kappa shape index (κ1) is 13.8. The molecule has 0 aromatic heterocycles. The number of nitrogens with zero attached hydrogens (tertiary/aromatic N) is 1. The summed E-state index contributed by atoms with van der Waals surface area (Å²) in [5.41, 5.74) is 1.38. The number of likely N-dealkylation sites (tertiary alicyclic amines) is 1. The van der Waals surface area contributed by atoms with Crippen molar-refractivity contribution in [1.82, 2.24) is 4.90 Å². The standard InChI is InChI=1S/C17H19NO4/c1-18-5-4-17(3-2-12(20)7-16(17)18)13-8-15-14(21-10-22-15)6-11(13)9-19/h2-3,6,8-9,12,16,20H,4-5,7,10H2,1H3/t12-,16-,17-/m0/s1. The Labute approximate surface area is 129 Å². The number of likely N-dealkylation sites (N-methyl/N-ethyl adjacent to an activating group) is 1. The first-order chi connectivity index (χ1) is 10.6. The van der Waals surface area contributed by atoms with Gasteiger partial charge in [-0.1, -0.05) is 12.2 Å². The Morgan fingerprint density at radius 2 is 2.14 bits per heavy atom. The van der Waals surface area contributed by atoms with Gasteiger partial charge in [0.2, 0.25) is 6.79 Å². The average molecular weight is 301 g/mol. The molecule has 0 saturated carbocycles. The molecule has 116 valence electrons. The summed E-state index contributed by atoms with van der Waals surface area (Å²) in [7, 11) is 2.08. The van der Waals surface area contributed by atoms with Crippen molar-refractivity contribution in [2.24, 2.45) is 0 Å². The fraction of sp³-hybridized carbons (Fsp3) is 0.471. The molecule has 5 heteroatoms. The molecule has 1 fully saturated rings. The Morgan fingerprint density at radius 3 is 2.91 bits per heavy atom. The van der Waals surface area contributed by atoms with Crippen molar-refractivity contribution in [3.63, 3.8) is 0 Å². The van der Waals surface area contributed by atoms with Gasteiger partial charge < -0.3 is 19.5 Å². The SMILES string of the molecule is CN1CC[C@]2(c3cc4c(cc3C=O)OCO4)C=C[C@H](O)C[C@H]12. The Bertz CT molecular complexity index is 656. The second-order valence-electron chi connectivity index (χ2n) is 6.36. The van der Waals surface area contributed by atoms with Gasteiger partial charge >= 0.3 is 0 Å². The molecule has 5 nitrogen and oxygen atoms in total. The molecule has 0 amide bonds. The van der Waals surface area contributed by atoms with Crippen LogP contribution < -0.4 is 9.47 Å². The van der Waals surface area contributed by atoms with Crippen LogP contribution in [0.25, 0.3) is 0 Å². The molecule has 22 heavy (non-hydrogen) atoms. The number of carbonyl (C=O) groups is 1. The lowest BCUT2D eigenvalue weighted by Crippen LogP contribution is -2.45. The highest BCUT2D eigenvalue weighted by Crippen LogP contribution is 2.48. The maximum atomic E-state index is 11.6. The molecule has 0 bridgehead atoms. The fourth-order valence-corrected chi connectivity index (χ4v) is 4.11. The largest absolute Gasteiger partial charge is 0.454 e. The quantitative estimate of drug-likeness (QED) is 0.662. The molecule has 0 spiro atoms. The maximum Gasteiger partial charge on any atom is 0.231 e. The minimum absolute atomic E-state index is 0.187. The number of aldehydes is 1. The third kappa shape index (κ3) is 1.82. The third-order valence-electron chi connectivity index (χ3n) is 5.26. The van der Waals surface area contributed by atoms with Crippen LogP contribution in [0.5, 0.6) is 11.5 Å². The van der Waals surface area contributed by atoms with Crippen LogP contribution in [0.2, 0.25) is 0 Å². The smallest absolute Gasteiger partial charge is 0.231 e. The van der Waals surface area contributed by atoms with E-state index in [1.807, 2.05) is 12.1 Å². The monoisotopic (exact) mass is 301 g/mol. The van der Waals surface area contributed by atoms with Crippen molar-refractivity contribution in [2.75, 3.05) is 20.4 Å². The molecule has 3 aliphatic rings. The zero-order valence-corrected chi connectivity index (χ0v) is 12.5. The molecule has 0 unspecified atom stereocenters. The third-order valence-corrected chi connectivity index (χ3v) is 5.26. The lowest BCUT2D eigenvalue weighted by atomic mass is 9.68. The van der Waals surface area contributed by atoms with E-state index in [4.69, 9.17) is 9.47 Å². The summed E-state index contributed by atoms with van der Waals surface area (Å²) >= 11 is 0. The number of fused-ring (bicyclic) bond motifs is 2. The maximum absolute atomic E-state index is 11.6. The van der Waals surface area contributed by atoms with Gasteiger partial charge in [-0.25, -0.2) is 0 Å². The van der Waals surface area contributed by atoms with Gasteiger partial charge in [0.1, 0.15) is 0 Å². The van der Waals surface area contributed by atoms with Crippen LogP contribution in [0.15, 0.2) is 24.3 Å². The summed E-state index contributed by atoms with van der Waals surface area (Å²) in [5, 5.41) is 9.99. The molecule has 1 aliphatic carbocycles. The fourth-order valence-electron chi connectivity index (χ4n) is 4.11.